The summed E-state index contributed by atoms with van der Waals surface area (Å²) in [4.78, 5) is 58.6. The van der Waals surface area contributed by atoms with E-state index in [0.717, 1.165) is 28.5 Å². The fraction of sp³-hybridized carbons (Fsp3) is 0.343. The van der Waals surface area contributed by atoms with E-state index in [2.05, 4.69) is 0 Å². The second kappa shape index (κ2) is 9.65. The van der Waals surface area contributed by atoms with E-state index in [9.17, 15) is 24.3 Å². The highest BCUT2D eigenvalue weighted by Crippen LogP contribution is 2.47. The first-order chi connectivity index (χ1) is 21.6. The summed E-state index contributed by atoms with van der Waals surface area (Å²) < 4.78 is 22.0. The van der Waals surface area contributed by atoms with E-state index in [1.54, 1.807) is 48.7 Å². The van der Waals surface area contributed by atoms with Crippen LogP contribution in [-0.4, -0.2) is 43.9 Å². The van der Waals surface area contributed by atoms with E-state index < -0.39 is 11.6 Å². The first-order valence-electron chi connectivity index (χ1n) is 15.4. The van der Waals surface area contributed by atoms with Crippen LogP contribution in [0, 0.1) is 12.7 Å². The normalized spacial score (nSPS) is 21.1. The lowest BCUT2D eigenvalue weighted by Crippen LogP contribution is -2.44. The summed E-state index contributed by atoms with van der Waals surface area (Å²) in [5.41, 5.74) is 3.92. The predicted octanol–water partition coefficient (Wildman–Crippen LogP) is 4.63. The number of benzene rings is 2. The van der Waals surface area contributed by atoms with Crippen molar-refractivity contribution < 1.29 is 28.6 Å². The molecule has 1 unspecified atom stereocenters. The van der Waals surface area contributed by atoms with Crippen molar-refractivity contribution >= 4 is 28.7 Å². The molecule has 45 heavy (non-hydrogen) atoms. The number of esters is 1. The summed E-state index contributed by atoms with van der Waals surface area (Å²) in [5.74, 6) is -1.67. The summed E-state index contributed by atoms with van der Waals surface area (Å²) in [7, 11) is 0. The van der Waals surface area contributed by atoms with E-state index in [-0.39, 0.29) is 66.4 Å². The first-order valence-corrected chi connectivity index (χ1v) is 15.4. The Morgan fingerprint density at radius 1 is 1.07 bits per heavy atom. The number of pyridine rings is 2. The summed E-state index contributed by atoms with van der Waals surface area (Å²) >= 11 is 0. The lowest BCUT2D eigenvalue weighted by Gasteiger charge is -2.31. The number of aryl methyl sites for hydroxylation is 1. The largest absolute Gasteiger partial charge is 0.458 e. The van der Waals surface area contributed by atoms with Crippen LogP contribution in [0.25, 0.3) is 22.3 Å². The summed E-state index contributed by atoms with van der Waals surface area (Å²) in [6.07, 6.45) is 2.69. The standard InChI is InChI=1S/C35H30FN3O6/c1-3-35(44)24-13-27-30-22(15-39(27)33(42)23(24)16-45-34(35)43)28-18(10-11-19-17(2)25(36)14-26(37-30)29(19)28)7-6-12-38-31(40)20-8-4-5-9-21(20)32(38)41/h4-5,8-9,13-14,18,44H,3,6-7,10-12,15-16H2,1-2H3/t18?,35-/m0/s1. The minimum atomic E-state index is -1.95. The maximum absolute atomic E-state index is 15.2. The Morgan fingerprint density at radius 2 is 1.80 bits per heavy atom. The van der Waals surface area contributed by atoms with E-state index in [1.807, 2.05) is 0 Å². The van der Waals surface area contributed by atoms with Gasteiger partial charge in [-0.2, -0.15) is 0 Å². The van der Waals surface area contributed by atoms with Gasteiger partial charge in [0.25, 0.3) is 17.4 Å². The molecule has 8 rings (SSSR count). The molecule has 0 saturated carbocycles. The number of hydrogen-bond donors (Lipinski definition) is 1. The van der Waals surface area contributed by atoms with Gasteiger partial charge in [0.05, 0.1) is 40.1 Å². The Balaban J connectivity index is 1.22. The third kappa shape index (κ3) is 3.72. The summed E-state index contributed by atoms with van der Waals surface area (Å²) in [5, 5.41) is 12.2. The van der Waals surface area contributed by atoms with E-state index in [4.69, 9.17) is 9.72 Å². The number of aromatic nitrogens is 2. The molecule has 2 amide bonds. The summed E-state index contributed by atoms with van der Waals surface area (Å²) in [6, 6.07) is 9.96. The molecule has 4 aromatic rings. The number of hydrogen-bond acceptors (Lipinski definition) is 7. The Morgan fingerprint density at radius 3 is 2.51 bits per heavy atom. The van der Waals surface area contributed by atoms with Crippen molar-refractivity contribution in [3.05, 3.63) is 97.1 Å². The van der Waals surface area contributed by atoms with E-state index >= 15 is 4.39 Å². The van der Waals surface area contributed by atoms with Crippen LogP contribution >= 0.6 is 0 Å². The molecule has 1 aliphatic carbocycles. The van der Waals surface area contributed by atoms with Gasteiger partial charge in [-0.25, -0.2) is 14.2 Å². The highest BCUT2D eigenvalue weighted by molar-refractivity contribution is 6.21. The highest BCUT2D eigenvalue weighted by Gasteiger charge is 2.46. The number of cyclic esters (lactones) is 1. The van der Waals surface area contributed by atoms with Gasteiger partial charge in [-0.3, -0.25) is 19.3 Å². The van der Waals surface area contributed by atoms with Gasteiger partial charge in [-0.15, -0.1) is 0 Å². The second-order valence-electron chi connectivity index (χ2n) is 12.5. The number of carbonyl (C=O) groups is 3. The van der Waals surface area contributed by atoms with Crippen LogP contribution < -0.4 is 5.56 Å². The smallest absolute Gasteiger partial charge is 0.343 e. The van der Waals surface area contributed by atoms with Crippen LogP contribution in [0.2, 0.25) is 0 Å². The Labute approximate surface area is 257 Å². The van der Waals surface area contributed by atoms with E-state index in [1.165, 1.54) is 11.0 Å². The number of imide groups is 1. The van der Waals surface area contributed by atoms with Gasteiger partial charge in [0.2, 0.25) is 0 Å². The number of nitrogens with zero attached hydrogens (tertiary/aromatic N) is 3. The molecule has 0 fully saturated rings. The van der Waals surface area contributed by atoms with Crippen LogP contribution in [0.3, 0.4) is 0 Å². The molecule has 0 spiro atoms. The molecule has 0 saturated heterocycles. The average molecular weight is 608 g/mol. The van der Waals surface area contributed by atoms with Gasteiger partial charge >= 0.3 is 5.97 Å². The quantitative estimate of drug-likeness (QED) is 0.229. The third-order valence-electron chi connectivity index (χ3n) is 10.3. The van der Waals surface area contributed by atoms with E-state index in [0.29, 0.717) is 52.9 Å². The molecule has 1 N–H and O–H groups in total. The topological polar surface area (TPSA) is 119 Å². The second-order valence-corrected chi connectivity index (χ2v) is 12.5. The van der Waals surface area contributed by atoms with Gasteiger partial charge in [-0.05, 0) is 79.8 Å². The number of aliphatic hydroxyl groups is 1. The zero-order valence-electron chi connectivity index (χ0n) is 24.9. The molecule has 2 aromatic heterocycles. The monoisotopic (exact) mass is 607 g/mol. The number of rotatable bonds is 5. The number of ether oxygens (including phenoxy) is 1. The zero-order chi connectivity index (χ0) is 31.4. The number of halogens is 1. The molecule has 0 bridgehead atoms. The number of fused-ring (bicyclic) bond motifs is 6. The van der Waals surface area contributed by atoms with Crippen molar-refractivity contribution in [3.8, 4) is 11.4 Å². The molecule has 3 aliphatic heterocycles. The van der Waals surface area contributed by atoms with Gasteiger partial charge in [0.1, 0.15) is 12.4 Å². The van der Waals surface area contributed by atoms with Crippen LogP contribution in [0.1, 0.15) is 92.6 Å². The average Bonchev–Trinajstić information content (AvgIpc) is 3.53. The van der Waals surface area contributed by atoms with Crippen molar-refractivity contribution in [1.82, 2.24) is 14.5 Å². The molecule has 2 atom stereocenters. The van der Waals surface area contributed by atoms with Crippen molar-refractivity contribution in [1.29, 1.82) is 0 Å². The molecule has 5 heterocycles. The maximum atomic E-state index is 15.2. The lowest BCUT2D eigenvalue weighted by molar-refractivity contribution is -0.172. The van der Waals surface area contributed by atoms with Gasteiger partial charge in [-0.1, -0.05) is 19.1 Å². The van der Waals surface area contributed by atoms with Crippen molar-refractivity contribution in [2.75, 3.05) is 6.54 Å². The van der Waals surface area contributed by atoms with Crippen LogP contribution in [-0.2, 0) is 34.7 Å². The zero-order valence-corrected chi connectivity index (χ0v) is 24.9. The van der Waals surface area contributed by atoms with Crippen LogP contribution in [0.4, 0.5) is 4.39 Å². The molecule has 4 aliphatic rings. The highest BCUT2D eigenvalue weighted by atomic mass is 19.1. The Bertz CT molecular complexity index is 2070. The third-order valence-corrected chi connectivity index (χ3v) is 10.3. The van der Waals surface area contributed by atoms with Crippen molar-refractivity contribution in [2.24, 2.45) is 0 Å². The molecule has 9 nitrogen and oxygen atoms in total. The van der Waals surface area contributed by atoms with Gasteiger partial charge in [0.15, 0.2) is 5.60 Å². The molecule has 10 heteroatoms. The Hall–Kier alpha value is -4.70. The predicted molar refractivity (Wildman–Crippen MR) is 161 cm³/mol. The van der Waals surface area contributed by atoms with Gasteiger partial charge < -0.3 is 14.4 Å². The molecular formula is C35H30FN3O6. The van der Waals surface area contributed by atoms with Crippen LogP contribution in [0.15, 0.2) is 41.2 Å². The minimum absolute atomic E-state index is 0.0221. The van der Waals surface area contributed by atoms with Crippen molar-refractivity contribution in [3.63, 3.8) is 0 Å². The molecule has 228 valence electrons. The fourth-order valence-electron chi connectivity index (χ4n) is 7.88. The number of carbonyl (C=O) groups excluding carboxylic acids is 3. The summed E-state index contributed by atoms with van der Waals surface area (Å²) in [6.45, 7) is 3.75. The molecule has 2 aromatic carbocycles. The minimum Gasteiger partial charge on any atom is -0.458 e. The Kier molecular flexibility index (Phi) is 5.96. The molecular weight excluding hydrogens is 577 g/mol. The molecule has 0 radical (unpaired) electrons. The van der Waals surface area contributed by atoms with Gasteiger partial charge in [0, 0.05) is 29.1 Å². The SMILES string of the molecule is CC[C@@]1(O)C(=O)OCc2c1cc1n(c2=O)Cc2c-1nc1cc(F)c(C)c3c1c2C(CCCN1C(=O)c2ccccc2C1=O)CC3. The fourth-order valence-corrected chi connectivity index (χ4v) is 7.88. The van der Waals surface area contributed by atoms with Crippen molar-refractivity contribution in [2.45, 2.75) is 70.6 Å². The van der Waals surface area contributed by atoms with Crippen LogP contribution in [0.5, 0.6) is 0 Å². The maximum Gasteiger partial charge on any atom is 0.343 e. The lowest BCUT2D eigenvalue weighted by atomic mass is 9.76. The number of amides is 2. The first kappa shape index (κ1) is 27.8.